The molecule has 0 atom stereocenters. The fraction of sp³-hybridized carbons (Fsp3) is 0. The normalized spacial score (nSPS) is 10.5. The number of hydrogen-bond donors (Lipinski definition) is 1. The highest BCUT2D eigenvalue weighted by atomic mass is 19.1. The summed E-state index contributed by atoms with van der Waals surface area (Å²) in [5.41, 5.74) is 1.40. The van der Waals surface area contributed by atoms with Gasteiger partial charge in [-0.05, 0) is 42.5 Å². The Hall–Kier alpha value is -2.80. The fourth-order valence-corrected chi connectivity index (χ4v) is 1.94. The first-order valence-electron chi connectivity index (χ1n) is 5.60. The van der Waals surface area contributed by atoms with Gasteiger partial charge < -0.3 is 9.52 Å². The average molecular weight is 253 g/mol. The first-order chi connectivity index (χ1) is 9.17. The molecule has 3 rings (SSSR count). The van der Waals surface area contributed by atoms with Crippen molar-refractivity contribution < 1.29 is 13.9 Å². The van der Waals surface area contributed by atoms with Crippen LogP contribution in [-0.2, 0) is 0 Å². The lowest BCUT2D eigenvalue weighted by Gasteiger charge is -1.99. The van der Waals surface area contributed by atoms with Crippen molar-refractivity contribution in [1.29, 1.82) is 5.26 Å². The Labute approximate surface area is 108 Å². The third kappa shape index (κ3) is 1.91. The van der Waals surface area contributed by atoms with E-state index >= 15 is 0 Å². The van der Waals surface area contributed by atoms with Crippen LogP contribution in [0.2, 0.25) is 0 Å². The number of rotatable bonds is 1. The van der Waals surface area contributed by atoms with Gasteiger partial charge in [-0.1, -0.05) is 0 Å². The molecule has 1 heterocycles. The second-order valence-corrected chi connectivity index (χ2v) is 4.14. The van der Waals surface area contributed by atoms with E-state index in [1.54, 1.807) is 18.2 Å². The molecule has 0 amide bonds. The highest BCUT2D eigenvalue weighted by molar-refractivity contribution is 5.83. The van der Waals surface area contributed by atoms with Crippen molar-refractivity contribution in [2.75, 3.05) is 0 Å². The molecule has 0 saturated carbocycles. The van der Waals surface area contributed by atoms with E-state index in [0.29, 0.717) is 22.3 Å². The Kier molecular flexibility index (Phi) is 2.46. The monoisotopic (exact) mass is 253 g/mol. The van der Waals surface area contributed by atoms with Crippen LogP contribution in [0.5, 0.6) is 5.75 Å². The molecule has 3 nitrogen and oxygen atoms in total. The molecule has 4 heteroatoms. The van der Waals surface area contributed by atoms with Crippen LogP contribution in [0.1, 0.15) is 5.56 Å². The molecule has 0 fully saturated rings. The van der Waals surface area contributed by atoms with Gasteiger partial charge in [-0.15, -0.1) is 0 Å². The molecule has 92 valence electrons. The van der Waals surface area contributed by atoms with Crippen molar-refractivity contribution in [1.82, 2.24) is 0 Å². The van der Waals surface area contributed by atoms with E-state index in [0.717, 1.165) is 0 Å². The molecule has 0 aliphatic carbocycles. The van der Waals surface area contributed by atoms with Gasteiger partial charge in [0.05, 0.1) is 5.56 Å². The minimum absolute atomic E-state index is 0.0756. The molecule has 0 aliphatic rings. The lowest BCUT2D eigenvalue weighted by atomic mass is 10.1. The van der Waals surface area contributed by atoms with E-state index in [2.05, 4.69) is 0 Å². The molecule has 0 aliphatic heterocycles. The van der Waals surface area contributed by atoms with Gasteiger partial charge in [0, 0.05) is 10.9 Å². The largest absolute Gasteiger partial charge is 0.507 e. The topological polar surface area (TPSA) is 57.2 Å². The van der Waals surface area contributed by atoms with Gasteiger partial charge in [-0.2, -0.15) is 5.26 Å². The van der Waals surface area contributed by atoms with Gasteiger partial charge in [0.1, 0.15) is 29.0 Å². The molecule has 3 aromatic rings. The number of nitrogens with zero attached hydrogens (tertiary/aromatic N) is 1. The number of aromatic hydroxyl groups is 1. The fourth-order valence-electron chi connectivity index (χ4n) is 1.94. The van der Waals surface area contributed by atoms with Gasteiger partial charge in [-0.3, -0.25) is 0 Å². The summed E-state index contributed by atoms with van der Waals surface area (Å²) in [6.07, 6.45) is 0. The van der Waals surface area contributed by atoms with Crippen LogP contribution in [0.25, 0.3) is 22.3 Å². The summed E-state index contributed by atoms with van der Waals surface area (Å²) in [7, 11) is 0. The number of phenolic OH excluding ortho intramolecular Hbond substituents is 1. The van der Waals surface area contributed by atoms with Gasteiger partial charge in [-0.25, -0.2) is 4.39 Å². The maximum absolute atomic E-state index is 13.1. The van der Waals surface area contributed by atoms with E-state index in [4.69, 9.17) is 9.68 Å². The van der Waals surface area contributed by atoms with Crippen LogP contribution in [0.15, 0.2) is 46.9 Å². The third-order valence-corrected chi connectivity index (χ3v) is 2.88. The van der Waals surface area contributed by atoms with Crippen LogP contribution in [-0.4, -0.2) is 5.11 Å². The smallest absolute Gasteiger partial charge is 0.135 e. The predicted octanol–water partition coefficient (Wildman–Crippen LogP) is 3.82. The van der Waals surface area contributed by atoms with E-state index in [-0.39, 0.29) is 17.1 Å². The Balaban J connectivity index is 2.16. The molecule has 1 N–H and O–H groups in total. The molecule has 2 aromatic carbocycles. The van der Waals surface area contributed by atoms with Gasteiger partial charge in [0.25, 0.3) is 0 Å². The number of benzene rings is 2. The molecule has 0 bridgehead atoms. The van der Waals surface area contributed by atoms with Crippen LogP contribution in [0, 0.1) is 17.1 Å². The Morgan fingerprint density at radius 2 is 1.95 bits per heavy atom. The van der Waals surface area contributed by atoms with E-state index < -0.39 is 0 Å². The lowest BCUT2D eigenvalue weighted by Crippen LogP contribution is -1.79. The summed E-state index contributed by atoms with van der Waals surface area (Å²) in [5.74, 6) is 0.119. The predicted molar refractivity (Wildman–Crippen MR) is 68.0 cm³/mol. The second-order valence-electron chi connectivity index (χ2n) is 4.14. The summed E-state index contributed by atoms with van der Waals surface area (Å²) >= 11 is 0. The van der Waals surface area contributed by atoms with Crippen molar-refractivity contribution in [2.45, 2.75) is 0 Å². The molecule has 0 spiro atoms. The summed E-state index contributed by atoms with van der Waals surface area (Å²) < 4.78 is 18.7. The van der Waals surface area contributed by atoms with Gasteiger partial charge >= 0.3 is 0 Å². The summed E-state index contributed by atoms with van der Waals surface area (Å²) in [6.45, 7) is 0. The van der Waals surface area contributed by atoms with Crippen LogP contribution >= 0.6 is 0 Å². The van der Waals surface area contributed by atoms with E-state index in [9.17, 15) is 9.50 Å². The van der Waals surface area contributed by atoms with Crippen LogP contribution in [0.4, 0.5) is 4.39 Å². The summed E-state index contributed by atoms with van der Waals surface area (Å²) in [5, 5.41) is 19.0. The maximum Gasteiger partial charge on any atom is 0.135 e. The number of nitriles is 1. The zero-order valence-electron chi connectivity index (χ0n) is 9.72. The Morgan fingerprint density at radius 1 is 1.11 bits per heavy atom. The third-order valence-electron chi connectivity index (χ3n) is 2.88. The Bertz CT molecular complexity index is 815. The average Bonchev–Trinajstić information content (AvgIpc) is 2.82. The van der Waals surface area contributed by atoms with Crippen molar-refractivity contribution in [3.05, 3.63) is 53.8 Å². The highest BCUT2D eigenvalue weighted by Crippen LogP contribution is 2.30. The van der Waals surface area contributed by atoms with Crippen LogP contribution in [0.3, 0.4) is 0 Å². The summed E-state index contributed by atoms with van der Waals surface area (Å²) in [6, 6.07) is 12.5. The number of fused-ring (bicyclic) bond motifs is 1. The SMILES string of the molecule is N#Cc1cc(-c2cc3cc(F)ccc3o2)ccc1O. The van der Waals surface area contributed by atoms with Crippen molar-refractivity contribution in [3.63, 3.8) is 0 Å². The number of furan rings is 1. The van der Waals surface area contributed by atoms with Crippen molar-refractivity contribution >= 4 is 11.0 Å². The van der Waals surface area contributed by atoms with E-state index in [1.165, 1.54) is 24.3 Å². The minimum Gasteiger partial charge on any atom is -0.507 e. The van der Waals surface area contributed by atoms with E-state index in [1.807, 2.05) is 6.07 Å². The number of hydrogen-bond acceptors (Lipinski definition) is 3. The first-order valence-corrected chi connectivity index (χ1v) is 5.60. The number of phenols is 1. The highest BCUT2D eigenvalue weighted by Gasteiger charge is 2.09. The second kappa shape index (κ2) is 4.14. The molecular weight excluding hydrogens is 245 g/mol. The molecule has 0 radical (unpaired) electrons. The molecular formula is C15H8FNO2. The lowest BCUT2D eigenvalue weighted by molar-refractivity contribution is 0.473. The minimum atomic E-state index is -0.330. The molecule has 0 unspecified atom stereocenters. The summed E-state index contributed by atoms with van der Waals surface area (Å²) in [4.78, 5) is 0. The molecule has 1 aromatic heterocycles. The Morgan fingerprint density at radius 3 is 2.74 bits per heavy atom. The first kappa shape index (κ1) is 11.3. The molecule has 19 heavy (non-hydrogen) atoms. The number of halogens is 1. The standard InChI is InChI=1S/C15H8FNO2/c16-12-2-4-14-10(6-12)7-15(19-14)9-1-3-13(18)11(5-9)8-17/h1-7,18H. The maximum atomic E-state index is 13.1. The zero-order valence-corrected chi connectivity index (χ0v) is 9.72. The molecule has 0 saturated heterocycles. The van der Waals surface area contributed by atoms with Gasteiger partial charge in [0.15, 0.2) is 0 Å². The van der Waals surface area contributed by atoms with Gasteiger partial charge in [0.2, 0.25) is 0 Å². The van der Waals surface area contributed by atoms with Crippen molar-refractivity contribution in [2.24, 2.45) is 0 Å². The van der Waals surface area contributed by atoms with Crippen LogP contribution < -0.4 is 0 Å². The quantitative estimate of drug-likeness (QED) is 0.717. The zero-order chi connectivity index (χ0) is 13.4. The van der Waals surface area contributed by atoms with Crippen molar-refractivity contribution in [3.8, 4) is 23.1 Å².